The Morgan fingerprint density at radius 1 is 1.30 bits per heavy atom. The van der Waals surface area contributed by atoms with Crippen molar-refractivity contribution in [1.82, 2.24) is 4.72 Å². The van der Waals surface area contributed by atoms with Crippen molar-refractivity contribution in [2.24, 2.45) is 5.73 Å². The van der Waals surface area contributed by atoms with Crippen LogP contribution in [0.3, 0.4) is 0 Å². The number of rotatable bonds is 6. The van der Waals surface area contributed by atoms with Gasteiger partial charge in [-0.3, -0.25) is 0 Å². The highest BCUT2D eigenvalue weighted by Gasteiger charge is 2.12. The number of hydrogen-bond donors (Lipinski definition) is 2. The van der Waals surface area contributed by atoms with Gasteiger partial charge in [0.15, 0.2) is 0 Å². The smallest absolute Gasteiger partial charge is 0.216 e. The van der Waals surface area contributed by atoms with Crippen LogP contribution in [0.25, 0.3) is 0 Å². The van der Waals surface area contributed by atoms with Crippen LogP contribution in [0.15, 0.2) is 47.3 Å². The molecule has 0 aliphatic heterocycles. The van der Waals surface area contributed by atoms with E-state index in [0.717, 1.165) is 5.56 Å². The van der Waals surface area contributed by atoms with Gasteiger partial charge in [0.25, 0.3) is 0 Å². The second-order valence-corrected chi connectivity index (χ2v) is 6.52. The van der Waals surface area contributed by atoms with Crippen molar-refractivity contribution in [3.63, 3.8) is 0 Å². The Labute approximate surface area is 122 Å². The molecule has 0 fully saturated rings. The van der Waals surface area contributed by atoms with Crippen LogP contribution < -0.4 is 10.5 Å². The zero-order valence-corrected chi connectivity index (χ0v) is 12.2. The summed E-state index contributed by atoms with van der Waals surface area (Å²) < 4.78 is 31.3. The molecule has 2 aromatic rings. The lowest BCUT2D eigenvalue weighted by molar-refractivity contribution is 0.561. The predicted molar refractivity (Wildman–Crippen MR) is 80.5 cm³/mol. The average Bonchev–Trinajstić information content (AvgIpc) is 2.89. The van der Waals surface area contributed by atoms with Crippen molar-refractivity contribution in [3.05, 3.63) is 59.5 Å². The molecule has 7 heteroatoms. The summed E-state index contributed by atoms with van der Waals surface area (Å²) in [6, 6.07) is 8.58. The molecule has 5 nitrogen and oxygen atoms in total. The molecular weight excluding hydrogens is 296 g/mol. The Kier molecular flexibility index (Phi) is 4.53. The number of thiocarbonyl (C=S) groups is 1. The Balaban J connectivity index is 2.04. The first-order chi connectivity index (χ1) is 9.46. The minimum Gasteiger partial charge on any atom is -0.472 e. The van der Waals surface area contributed by atoms with Gasteiger partial charge in [-0.15, -0.1) is 0 Å². The van der Waals surface area contributed by atoms with Crippen molar-refractivity contribution < 1.29 is 12.8 Å². The van der Waals surface area contributed by atoms with Gasteiger partial charge in [-0.05, 0) is 17.7 Å². The largest absolute Gasteiger partial charge is 0.472 e. The Morgan fingerprint density at radius 2 is 2.10 bits per heavy atom. The Bertz CT molecular complexity index is 694. The molecule has 1 heterocycles. The van der Waals surface area contributed by atoms with Crippen LogP contribution in [0.4, 0.5) is 0 Å². The van der Waals surface area contributed by atoms with Crippen molar-refractivity contribution >= 4 is 27.2 Å². The summed E-state index contributed by atoms with van der Waals surface area (Å²) in [5.74, 6) is -0.124. The molecule has 0 bridgehead atoms. The molecule has 0 aliphatic carbocycles. The number of nitrogens with two attached hydrogens (primary N) is 1. The summed E-state index contributed by atoms with van der Waals surface area (Å²) in [5, 5.41) is 0. The van der Waals surface area contributed by atoms with E-state index < -0.39 is 10.0 Å². The molecule has 2 rings (SSSR count). The number of benzene rings is 1. The quantitative estimate of drug-likeness (QED) is 0.790. The molecule has 20 heavy (non-hydrogen) atoms. The molecule has 0 aliphatic rings. The van der Waals surface area contributed by atoms with Crippen LogP contribution in [0.5, 0.6) is 0 Å². The van der Waals surface area contributed by atoms with E-state index >= 15 is 0 Å². The summed E-state index contributed by atoms with van der Waals surface area (Å²) in [6.07, 6.45) is 2.99. The van der Waals surface area contributed by atoms with Crippen LogP contribution in [0.1, 0.15) is 16.7 Å². The minimum atomic E-state index is -3.43. The van der Waals surface area contributed by atoms with Crippen LogP contribution >= 0.6 is 12.2 Å². The second kappa shape index (κ2) is 6.17. The lowest BCUT2D eigenvalue weighted by atomic mass is 10.1. The first-order valence-electron chi connectivity index (χ1n) is 5.83. The van der Waals surface area contributed by atoms with E-state index in [0.29, 0.717) is 11.1 Å². The van der Waals surface area contributed by atoms with Gasteiger partial charge < -0.3 is 10.2 Å². The maximum absolute atomic E-state index is 12.0. The number of sulfonamides is 1. The predicted octanol–water partition coefficient (Wildman–Crippen LogP) is 1.53. The third kappa shape index (κ3) is 4.16. The van der Waals surface area contributed by atoms with E-state index in [-0.39, 0.29) is 17.3 Å². The highest BCUT2D eigenvalue weighted by Crippen LogP contribution is 2.09. The molecule has 1 aromatic heterocycles. The molecule has 0 saturated carbocycles. The van der Waals surface area contributed by atoms with Crippen molar-refractivity contribution in [2.45, 2.75) is 12.3 Å². The van der Waals surface area contributed by atoms with Gasteiger partial charge in [0.1, 0.15) is 4.99 Å². The molecule has 106 valence electrons. The summed E-state index contributed by atoms with van der Waals surface area (Å²) in [5.41, 5.74) is 7.58. The third-order valence-electron chi connectivity index (χ3n) is 2.64. The zero-order valence-electron chi connectivity index (χ0n) is 10.6. The molecule has 0 radical (unpaired) electrons. The average molecular weight is 310 g/mol. The van der Waals surface area contributed by atoms with E-state index in [1.807, 2.05) is 0 Å². The van der Waals surface area contributed by atoms with E-state index in [4.69, 9.17) is 22.4 Å². The molecular formula is C13H14N2O3S2. The molecule has 0 unspecified atom stereocenters. The van der Waals surface area contributed by atoms with Gasteiger partial charge in [0.05, 0.1) is 18.3 Å². The first-order valence-corrected chi connectivity index (χ1v) is 7.89. The van der Waals surface area contributed by atoms with E-state index in [9.17, 15) is 8.42 Å². The lowest BCUT2D eigenvalue weighted by Gasteiger charge is -2.07. The highest BCUT2D eigenvalue weighted by atomic mass is 32.2. The molecule has 0 amide bonds. The van der Waals surface area contributed by atoms with Crippen LogP contribution in [0.2, 0.25) is 0 Å². The van der Waals surface area contributed by atoms with Crippen LogP contribution in [-0.2, 0) is 22.3 Å². The van der Waals surface area contributed by atoms with E-state index in [1.165, 1.54) is 12.5 Å². The monoisotopic (exact) mass is 310 g/mol. The first kappa shape index (κ1) is 14.7. The molecule has 1 aromatic carbocycles. The van der Waals surface area contributed by atoms with Crippen LogP contribution in [0, 0.1) is 0 Å². The topological polar surface area (TPSA) is 85.3 Å². The fourth-order valence-electron chi connectivity index (χ4n) is 1.67. The van der Waals surface area contributed by atoms with Crippen LogP contribution in [-0.4, -0.2) is 13.4 Å². The van der Waals surface area contributed by atoms with Gasteiger partial charge in [0.2, 0.25) is 10.0 Å². The standard InChI is InChI=1S/C13H14N2O3S2/c14-13(19)12-3-1-2-10(6-12)9-20(16,17)15-7-11-4-5-18-8-11/h1-6,8,15H,7,9H2,(H2,14,19). The van der Waals surface area contributed by atoms with Gasteiger partial charge in [-0.2, -0.15) is 0 Å². The normalized spacial score (nSPS) is 11.4. The van der Waals surface area contributed by atoms with E-state index in [2.05, 4.69) is 4.72 Å². The lowest BCUT2D eigenvalue weighted by Crippen LogP contribution is -2.24. The van der Waals surface area contributed by atoms with Gasteiger partial charge in [0, 0.05) is 17.7 Å². The third-order valence-corrected chi connectivity index (χ3v) is 4.18. The van der Waals surface area contributed by atoms with Crippen molar-refractivity contribution in [3.8, 4) is 0 Å². The van der Waals surface area contributed by atoms with Crippen molar-refractivity contribution in [1.29, 1.82) is 0 Å². The molecule has 0 spiro atoms. The fourth-order valence-corrected chi connectivity index (χ4v) is 2.91. The molecule has 3 N–H and O–H groups in total. The number of furan rings is 1. The Hall–Kier alpha value is -1.70. The fraction of sp³-hybridized carbons (Fsp3) is 0.154. The summed E-state index contributed by atoms with van der Waals surface area (Å²) in [7, 11) is -3.43. The summed E-state index contributed by atoms with van der Waals surface area (Å²) in [6.45, 7) is 0.202. The summed E-state index contributed by atoms with van der Waals surface area (Å²) in [4.78, 5) is 0.246. The minimum absolute atomic E-state index is 0.124. The highest BCUT2D eigenvalue weighted by molar-refractivity contribution is 7.88. The molecule has 0 atom stereocenters. The van der Waals surface area contributed by atoms with Gasteiger partial charge in [-0.1, -0.05) is 30.4 Å². The number of hydrogen-bond acceptors (Lipinski definition) is 4. The SMILES string of the molecule is NC(=S)c1cccc(CS(=O)(=O)NCc2ccoc2)c1. The summed E-state index contributed by atoms with van der Waals surface area (Å²) >= 11 is 4.87. The maximum atomic E-state index is 12.0. The second-order valence-electron chi connectivity index (χ2n) is 4.28. The van der Waals surface area contributed by atoms with Crippen molar-refractivity contribution in [2.75, 3.05) is 0 Å². The molecule has 0 saturated heterocycles. The van der Waals surface area contributed by atoms with Gasteiger partial charge >= 0.3 is 0 Å². The Morgan fingerprint density at radius 3 is 2.75 bits per heavy atom. The van der Waals surface area contributed by atoms with E-state index in [1.54, 1.807) is 30.3 Å². The zero-order chi connectivity index (χ0) is 14.6. The number of nitrogens with one attached hydrogen (secondary N) is 1. The maximum Gasteiger partial charge on any atom is 0.216 e. The van der Waals surface area contributed by atoms with Gasteiger partial charge in [-0.25, -0.2) is 13.1 Å².